The molecular weight excluding hydrogens is 212 g/mol. The van der Waals surface area contributed by atoms with Gasteiger partial charge in [-0.15, -0.1) is 0 Å². The number of rotatable bonds is 11. The lowest BCUT2D eigenvalue weighted by molar-refractivity contribution is -0.139. The van der Waals surface area contributed by atoms with Crippen LogP contribution in [0.5, 0.6) is 0 Å². The molecule has 0 bridgehead atoms. The van der Waals surface area contributed by atoms with Crippen molar-refractivity contribution in [1.82, 2.24) is 0 Å². The standard InChI is InChI=1S/C11H20O5/c1-3-11(12)16-10-9-15-8-7-14-6-5-13-4-2/h3H,1,4-10H2,2H3. The van der Waals surface area contributed by atoms with Gasteiger partial charge in [0.05, 0.1) is 33.0 Å². The zero-order valence-corrected chi connectivity index (χ0v) is 9.78. The molecule has 5 heteroatoms. The van der Waals surface area contributed by atoms with Crippen LogP contribution >= 0.6 is 0 Å². The first kappa shape index (κ1) is 15.1. The molecule has 0 fully saturated rings. The van der Waals surface area contributed by atoms with Gasteiger partial charge in [-0.1, -0.05) is 6.58 Å². The summed E-state index contributed by atoms with van der Waals surface area (Å²) in [5, 5.41) is 0. The van der Waals surface area contributed by atoms with Gasteiger partial charge >= 0.3 is 5.97 Å². The average molecular weight is 232 g/mol. The van der Waals surface area contributed by atoms with E-state index >= 15 is 0 Å². The molecule has 0 heterocycles. The number of carbonyl (C=O) groups excluding carboxylic acids is 1. The Balaban J connectivity index is 2.98. The minimum absolute atomic E-state index is 0.240. The molecule has 0 unspecified atom stereocenters. The fourth-order valence-corrected chi connectivity index (χ4v) is 0.844. The lowest BCUT2D eigenvalue weighted by Gasteiger charge is -2.06. The highest BCUT2D eigenvalue weighted by Crippen LogP contribution is 1.83. The first-order valence-corrected chi connectivity index (χ1v) is 5.33. The number of ether oxygens (including phenoxy) is 4. The summed E-state index contributed by atoms with van der Waals surface area (Å²) < 4.78 is 20.2. The van der Waals surface area contributed by atoms with Crippen molar-refractivity contribution in [3.05, 3.63) is 12.7 Å². The molecule has 0 aliphatic heterocycles. The minimum atomic E-state index is -0.434. The van der Waals surface area contributed by atoms with Gasteiger partial charge in [0, 0.05) is 12.7 Å². The quantitative estimate of drug-likeness (QED) is 0.299. The van der Waals surface area contributed by atoms with Gasteiger partial charge in [-0.2, -0.15) is 0 Å². The van der Waals surface area contributed by atoms with Crippen LogP contribution in [0.1, 0.15) is 6.92 Å². The van der Waals surface area contributed by atoms with E-state index in [9.17, 15) is 4.79 Å². The molecule has 0 aromatic heterocycles. The van der Waals surface area contributed by atoms with E-state index < -0.39 is 5.97 Å². The molecule has 0 spiro atoms. The Hall–Kier alpha value is -0.910. The number of carbonyl (C=O) groups is 1. The molecule has 0 radical (unpaired) electrons. The third kappa shape index (κ3) is 11.2. The van der Waals surface area contributed by atoms with Crippen LogP contribution in [0, 0.1) is 0 Å². The SMILES string of the molecule is C=CC(=O)OCCOCCOCCOCC. The van der Waals surface area contributed by atoms with Crippen molar-refractivity contribution in [2.75, 3.05) is 46.2 Å². The summed E-state index contributed by atoms with van der Waals surface area (Å²) in [7, 11) is 0. The molecule has 0 atom stereocenters. The van der Waals surface area contributed by atoms with Crippen LogP contribution in [0.25, 0.3) is 0 Å². The van der Waals surface area contributed by atoms with Crippen LogP contribution in [0.2, 0.25) is 0 Å². The Morgan fingerprint density at radius 1 is 1.00 bits per heavy atom. The van der Waals surface area contributed by atoms with Crippen molar-refractivity contribution in [3.63, 3.8) is 0 Å². The van der Waals surface area contributed by atoms with Gasteiger partial charge in [0.25, 0.3) is 0 Å². The molecule has 0 aliphatic carbocycles. The Labute approximate surface area is 96.3 Å². The number of esters is 1. The van der Waals surface area contributed by atoms with Gasteiger partial charge in [-0.25, -0.2) is 4.79 Å². The number of hydrogen-bond acceptors (Lipinski definition) is 5. The van der Waals surface area contributed by atoms with E-state index in [0.29, 0.717) is 39.6 Å². The van der Waals surface area contributed by atoms with Crippen LogP contribution in [0.15, 0.2) is 12.7 Å². The lowest BCUT2D eigenvalue weighted by atomic mass is 10.6. The zero-order valence-electron chi connectivity index (χ0n) is 9.78. The third-order valence-electron chi connectivity index (χ3n) is 1.59. The zero-order chi connectivity index (χ0) is 12.1. The van der Waals surface area contributed by atoms with Crippen molar-refractivity contribution in [3.8, 4) is 0 Å². The maximum Gasteiger partial charge on any atom is 0.330 e. The molecule has 0 N–H and O–H groups in total. The molecule has 0 aromatic carbocycles. The molecule has 0 saturated carbocycles. The lowest BCUT2D eigenvalue weighted by Crippen LogP contribution is -2.13. The maximum atomic E-state index is 10.6. The Bertz CT molecular complexity index is 181. The van der Waals surface area contributed by atoms with Crippen LogP contribution in [-0.4, -0.2) is 52.2 Å². The Morgan fingerprint density at radius 2 is 1.50 bits per heavy atom. The fraction of sp³-hybridized carbons (Fsp3) is 0.727. The van der Waals surface area contributed by atoms with E-state index in [1.54, 1.807) is 0 Å². The van der Waals surface area contributed by atoms with Gasteiger partial charge in [-0.05, 0) is 6.92 Å². The second-order valence-electron chi connectivity index (χ2n) is 2.79. The van der Waals surface area contributed by atoms with Crippen LogP contribution < -0.4 is 0 Å². The monoisotopic (exact) mass is 232 g/mol. The van der Waals surface area contributed by atoms with E-state index in [2.05, 4.69) is 6.58 Å². The van der Waals surface area contributed by atoms with Crippen molar-refractivity contribution in [2.45, 2.75) is 6.92 Å². The summed E-state index contributed by atoms with van der Waals surface area (Å²) in [5.74, 6) is -0.434. The van der Waals surface area contributed by atoms with E-state index in [4.69, 9.17) is 18.9 Å². The summed E-state index contributed by atoms with van der Waals surface area (Å²) in [6.45, 7) is 8.70. The van der Waals surface area contributed by atoms with Crippen molar-refractivity contribution >= 4 is 5.97 Å². The van der Waals surface area contributed by atoms with Crippen LogP contribution in [-0.2, 0) is 23.7 Å². The van der Waals surface area contributed by atoms with Crippen LogP contribution in [0.4, 0.5) is 0 Å². The predicted molar refractivity (Wildman–Crippen MR) is 59.3 cm³/mol. The smallest absolute Gasteiger partial charge is 0.330 e. The average Bonchev–Trinajstić information content (AvgIpc) is 2.31. The van der Waals surface area contributed by atoms with Gasteiger partial charge in [0.2, 0.25) is 0 Å². The molecule has 0 rings (SSSR count). The van der Waals surface area contributed by atoms with Gasteiger partial charge < -0.3 is 18.9 Å². The highest BCUT2D eigenvalue weighted by Gasteiger charge is 1.95. The van der Waals surface area contributed by atoms with Crippen molar-refractivity contribution < 1.29 is 23.7 Å². The van der Waals surface area contributed by atoms with E-state index in [1.165, 1.54) is 0 Å². The van der Waals surface area contributed by atoms with Crippen molar-refractivity contribution in [1.29, 1.82) is 0 Å². The van der Waals surface area contributed by atoms with Crippen molar-refractivity contribution in [2.24, 2.45) is 0 Å². The highest BCUT2D eigenvalue weighted by molar-refractivity contribution is 5.81. The first-order chi connectivity index (χ1) is 7.81. The molecule has 0 aromatic rings. The first-order valence-electron chi connectivity index (χ1n) is 5.33. The van der Waals surface area contributed by atoms with Crippen LogP contribution in [0.3, 0.4) is 0 Å². The van der Waals surface area contributed by atoms with E-state index in [1.807, 2.05) is 6.92 Å². The second-order valence-corrected chi connectivity index (χ2v) is 2.79. The largest absolute Gasteiger partial charge is 0.460 e. The molecule has 0 amide bonds. The second kappa shape index (κ2) is 12.2. The van der Waals surface area contributed by atoms with E-state index in [0.717, 1.165) is 6.08 Å². The summed E-state index contributed by atoms with van der Waals surface area (Å²) in [4.78, 5) is 10.6. The topological polar surface area (TPSA) is 54.0 Å². The molecule has 5 nitrogen and oxygen atoms in total. The maximum absolute atomic E-state index is 10.6. The van der Waals surface area contributed by atoms with Gasteiger partial charge in [0.15, 0.2) is 0 Å². The summed E-state index contributed by atoms with van der Waals surface area (Å²) in [6.07, 6.45) is 1.12. The van der Waals surface area contributed by atoms with E-state index in [-0.39, 0.29) is 6.61 Å². The Morgan fingerprint density at radius 3 is 2.00 bits per heavy atom. The minimum Gasteiger partial charge on any atom is -0.460 e. The van der Waals surface area contributed by atoms with Gasteiger partial charge in [-0.3, -0.25) is 0 Å². The molecule has 16 heavy (non-hydrogen) atoms. The summed E-state index contributed by atoms with van der Waals surface area (Å²) in [6, 6.07) is 0. The molecular formula is C11H20O5. The Kier molecular flexibility index (Phi) is 11.5. The third-order valence-corrected chi connectivity index (χ3v) is 1.59. The molecule has 0 aliphatic rings. The summed E-state index contributed by atoms with van der Waals surface area (Å²) >= 11 is 0. The fourth-order valence-electron chi connectivity index (χ4n) is 0.844. The highest BCUT2D eigenvalue weighted by atomic mass is 16.6. The molecule has 94 valence electrons. The normalized spacial score (nSPS) is 10.1. The number of hydrogen-bond donors (Lipinski definition) is 0. The predicted octanol–water partition coefficient (Wildman–Crippen LogP) is 0.785. The summed E-state index contributed by atoms with van der Waals surface area (Å²) in [5.41, 5.74) is 0. The molecule has 0 saturated heterocycles. The van der Waals surface area contributed by atoms with Gasteiger partial charge in [0.1, 0.15) is 6.61 Å².